The van der Waals surface area contributed by atoms with E-state index in [0.717, 1.165) is 25.7 Å². The van der Waals surface area contributed by atoms with Crippen LogP contribution >= 0.6 is 0 Å². The number of epoxide rings is 2. The van der Waals surface area contributed by atoms with Gasteiger partial charge in [-0.2, -0.15) is 0 Å². The number of aliphatic hydroxyl groups is 1. The molecule has 6 unspecified atom stereocenters. The van der Waals surface area contributed by atoms with Crippen molar-refractivity contribution in [3.8, 4) is 0 Å². The first-order chi connectivity index (χ1) is 14.8. The zero-order chi connectivity index (χ0) is 22.0. The Morgan fingerprint density at radius 2 is 1.87 bits per heavy atom. The standard InChI is InChI=1S/C23H30O8/c1-12-11-27-18-16(12)17(25)19-23(31-19,21(26)29-14-7-5-4-6-8-14)10-9-15-22(3,30-15)20(18)28-13(2)24/h11,14-15,17,19-20,25H,4-10H2,1-3H3. The maximum Gasteiger partial charge on any atom is 0.341 e. The van der Waals surface area contributed by atoms with Crippen molar-refractivity contribution in [3.63, 3.8) is 0 Å². The van der Waals surface area contributed by atoms with Crippen molar-refractivity contribution in [2.45, 2.75) is 107 Å². The quantitative estimate of drug-likeness (QED) is 0.570. The molecule has 0 radical (unpaired) electrons. The van der Waals surface area contributed by atoms with E-state index in [-0.39, 0.29) is 12.2 Å². The number of carbonyl (C=O) groups excluding carboxylic acids is 2. The third kappa shape index (κ3) is 3.39. The molecule has 6 atom stereocenters. The Kier molecular flexibility index (Phi) is 4.95. The number of furan rings is 1. The summed E-state index contributed by atoms with van der Waals surface area (Å²) in [6.45, 7) is 5.00. The fraction of sp³-hybridized carbons (Fsp3) is 0.739. The number of aryl methyl sites for hydroxylation is 1. The van der Waals surface area contributed by atoms with Crippen LogP contribution in [-0.4, -0.2) is 46.6 Å². The normalized spacial score (nSPS) is 39.5. The van der Waals surface area contributed by atoms with E-state index in [1.807, 2.05) is 6.92 Å². The molecule has 2 aliphatic heterocycles. The highest BCUT2D eigenvalue weighted by Crippen LogP contribution is 2.58. The lowest BCUT2D eigenvalue weighted by atomic mass is 9.84. The van der Waals surface area contributed by atoms with E-state index in [9.17, 15) is 14.7 Å². The summed E-state index contributed by atoms with van der Waals surface area (Å²) in [7, 11) is 0. The second kappa shape index (κ2) is 7.32. The molecule has 3 heterocycles. The largest absolute Gasteiger partial charge is 0.465 e. The minimum atomic E-state index is -1.18. The predicted octanol–water partition coefficient (Wildman–Crippen LogP) is 3.19. The molecular weight excluding hydrogens is 404 g/mol. The van der Waals surface area contributed by atoms with Gasteiger partial charge in [0.05, 0.1) is 12.4 Å². The summed E-state index contributed by atoms with van der Waals surface area (Å²) in [5.74, 6) is -0.511. The lowest BCUT2D eigenvalue weighted by molar-refractivity contribution is -0.157. The minimum Gasteiger partial charge on any atom is -0.465 e. The van der Waals surface area contributed by atoms with Gasteiger partial charge in [0.15, 0.2) is 17.5 Å². The summed E-state index contributed by atoms with van der Waals surface area (Å²) in [4.78, 5) is 25.0. The first kappa shape index (κ1) is 21.0. The summed E-state index contributed by atoms with van der Waals surface area (Å²) in [6.07, 6.45) is 4.49. The Balaban J connectivity index is 1.46. The third-order valence-corrected chi connectivity index (χ3v) is 7.35. The fourth-order valence-corrected chi connectivity index (χ4v) is 5.41. The van der Waals surface area contributed by atoms with E-state index in [1.54, 1.807) is 6.92 Å². The lowest BCUT2D eigenvalue weighted by Crippen LogP contribution is -2.37. The van der Waals surface area contributed by atoms with Crippen LogP contribution in [0.25, 0.3) is 0 Å². The van der Waals surface area contributed by atoms with Crippen molar-refractivity contribution >= 4 is 11.9 Å². The van der Waals surface area contributed by atoms with Gasteiger partial charge in [0.2, 0.25) is 0 Å². The highest BCUT2D eigenvalue weighted by Gasteiger charge is 2.70. The maximum atomic E-state index is 13.2. The van der Waals surface area contributed by atoms with Crippen LogP contribution in [0.5, 0.6) is 0 Å². The number of rotatable bonds is 3. The number of carbonyl (C=O) groups is 2. The molecule has 1 saturated carbocycles. The van der Waals surface area contributed by atoms with Gasteiger partial charge in [0.25, 0.3) is 0 Å². The van der Waals surface area contributed by atoms with Gasteiger partial charge >= 0.3 is 11.9 Å². The molecule has 8 heteroatoms. The smallest absolute Gasteiger partial charge is 0.341 e. The number of hydrogen-bond acceptors (Lipinski definition) is 8. The predicted molar refractivity (Wildman–Crippen MR) is 106 cm³/mol. The zero-order valence-corrected chi connectivity index (χ0v) is 18.2. The van der Waals surface area contributed by atoms with Crippen molar-refractivity contribution in [3.05, 3.63) is 23.2 Å². The van der Waals surface area contributed by atoms with Crippen LogP contribution in [0.2, 0.25) is 0 Å². The molecule has 31 heavy (non-hydrogen) atoms. The molecular formula is C23H30O8. The van der Waals surface area contributed by atoms with Gasteiger partial charge in [-0.25, -0.2) is 4.79 Å². The Morgan fingerprint density at radius 1 is 1.13 bits per heavy atom. The second-order valence-electron chi connectivity index (χ2n) is 9.55. The Bertz CT molecular complexity index is 886. The molecule has 4 aliphatic rings. The maximum absolute atomic E-state index is 13.2. The van der Waals surface area contributed by atoms with E-state index in [4.69, 9.17) is 23.4 Å². The van der Waals surface area contributed by atoms with Crippen LogP contribution in [0.15, 0.2) is 10.7 Å². The van der Waals surface area contributed by atoms with Crippen molar-refractivity contribution in [1.29, 1.82) is 0 Å². The summed E-state index contributed by atoms with van der Waals surface area (Å²) in [5.41, 5.74) is -0.786. The van der Waals surface area contributed by atoms with Gasteiger partial charge in [0.1, 0.15) is 23.9 Å². The topological polar surface area (TPSA) is 111 Å². The molecule has 1 aromatic heterocycles. The first-order valence-electron chi connectivity index (χ1n) is 11.3. The molecule has 2 saturated heterocycles. The van der Waals surface area contributed by atoms with Crippen LogP contribution in [0.4, 0.5) is 0 Å². The lowest BCUT2D eigenvalue weighted by Gasteiger charge is -2.25. The average Bonchev–Trinajstić information content (AvgIpc) is 3.59. The Labute approximate surface area is 181 Å². The van der Waals surface area contributed by atoms with Crippen molar-refractivity contribution in [2.24, 2.45) is 0 Å². The third-order valence-electron chi connectivity index (χ3n) is 7.35. The molecule has 5 rings (SSSR count). The number of aliphatic hydroxyl groups excluding tert-OH is 1. The number of fused-ring (bicyclic) bond motifs is 3. The van der Waals surface area contributed by atoms with Crippen molar-refractivity contribution < 1.29 is 38.1 Å². The number of esters is 2. The molecule has 0 amide bonds. The molecule has 8 nitrogen and oxygen atoms in total. The van der Waals surface area contributed by atoms with Gasteiger partial charge in [-0.3, -0.25) is 4.79 Å². The molecule has 3 fully saturated rings. The fourth-order valence-electron chi connectivity index (χ4n) is 5.41. The summed E-state index contributed by atoms with van der Waals surface area (Å²) in [6, 6.07) is 0. The van der Waals surface area contributed by atoms with Gasteiger partial charge in [-0.05, 0) is 57.9 Å². The highest BCUT2D eigenvalue weighted by atomic mass is 16.7. The zero-order valence-electron chi connectivity index (χ0n) is 18.2. The van der Waals surface area contributed by atoms with E-state index < -0.39 is 41.5 Å². The SMILES string of the molecule is CC(=O)OC1c2occ(C)c2C(O)C2OC2(C(=O)OC2CCCCC2)CCC2OC21C. The number of ether oxygens (including phenoxy) is 4. The molecule has 0 aromatic carbocycles. The second-order valence-corrected chi connectivity index (χ2v) is 9.55. The van der Waals surface area contributed by atoms with Crippen molar-refractivity contribution in [1.82, 2.24) is 0 Å². The minimum absolute atomic E-state index is 0.0879. The van der Waals surface area contributed by atoms with Gasteiger partial charge in [0, 0.05) is 12.5 Å². The molecule has 1 N–H and O–H groups in total. The highest BCUT2D eigenvalue weighted by molar-refractivity contribution is 5.84. The van der Waals surface area contributed by atoms with E-state index in [0.29, 0.717) is 29.7 Å². The Morgan fingerprint density at radius 3 is 2.58 bits per heavy atom. The van der Waals surface area contributed by atoms with Crippen LogP contribution in [-0.2, 0) is 28.5 Å². The monoisotopic (exact) mass is 434 g/mol. The van der Waals surface area contributed by atoms with Crippen LogP contribution < -0.4 is 0 Å². The van der Waals surface area contributed by atoms with Gasteiger partial charge in [-0.1, -0.05) is 6.42 Å². The number of hydrogen-bond donors (Lipinski definition) is 1. The van der Waals surface area contributed by atoms with E-state index >= 15 is 0 Å². The molecule has 0 spiro atoms. The van der Waals surface area contributed by atoms with Crippen LogP contribution in [0.3, 0.4) is 0 Å². The van der Waals surface area contributed by atoms with E-state index in [2.05, 4.69) is 0 Å². The summed E-state index contributed by atoms with van der Waals surface area (Å²) in [5, 5.41) is 11.2. The van der Waals surface area contributed by atoms with Gasteiger partial charge < -0.3 is 28.5 Å². The first-order valence-corrected chi connectivity index (χ1v) is 11.3. The molecule has 2 aliphatic carbocycles. The summed E-state index contributed by atoms with van der Waals surface area (Å²) < 4.78 is 29.1. The van der Waals surface area contributed by atoms with Crippen LogP contribution in [0, 0.1) is 6.92 Å². The van der Waals surface area contributed by atoms with Crippen molar-refractivity contribution in [2.75, 3.05) is 0 Å². The average molecular weight is 434 g/mol. The molecule has 1 aromatic rings. The van der Waals surface area contributed by atoms with E-state index in [1.165, 1.54) is 19.6 Å². The molecule has 0 bridgehead atoms. The molecule has 170 valence electrons. The Hall–Kier alpha value is -1.90. The van der Waals surface area contributed by atoms with Gasteiger partial charge in [-0.15, -0.1) is 0 Å². The summed E-state index contributed by atoms with van der Waals surface area (Å²) >= 11 is 0. The van der Waals surface area contributed by atoms with Crippen LogP contribution in [0.1, 0.15) is 87.9 Å².